The molecule has 0 aromatic carbocycles. The molecule has 1 amide bonds. The van der Waals surface area contributed by atoms with Gasteiger partial charge in [-0.25, -0.2) is 8.42 Å². The van der Waals surface area contributed by atoms with Crippen LogP contribution in [0.3, 0.4) is 0 Å². The van der Waals surface area contributed by atoms with Crippen molar-refractivity contribution in [3.05, 3.63) is 0 Å². The Morgan fingerprint density at radius 1 is 1.33 bits per heavy atom. The molecule has 122 valence electrons. The Hall–Kier alpha value is -0.660. The number of ether oxygens (including phenoxy) is 1. The maximum atomic E-state index is 12.8. The van der Waals surface area contributed by atoms with Crippen LogP contribution in [-0.2, 0) is 19.4 Å². The van der Waals surface area contributed by atoms with E-state index in [0.717, 1.165) is 0 Å². The summed E-state index contributed by atoms with van der Waals surface area (Å²) in [6.07, 6.45) is 0.960. The van der Waals surface area contributed by atoms with E-state index in [1.807, 2.05) is 20.8 Å². The van der Waals surface area contributed by atoms with Crippen LogP contribution >= 0.6 is 0 Å². The minimum atomic E-state index is -3.03. The van der Waals surface area contributed by atoms with Crippen LogP contribution in [0.25, 0.3) is 0 Å². The molecular weight excluding hydrogens is 292 g/mol. The topological polar surface area (TPSA) is 89.7 Å². The van der Waals surface area contributed by atoms with Gasteiger partial charge >= 0.3 is 0 Å². The van der Waals surface area contributed by atoms with Crippen molar-refractivity contribution in [2.45, 2.75) is 45.3 Å². The monoisotopic (exact) mass is 318 g/mol. The van der Waals surface area contributed by atoms with Crippen LogP contribution < -0.4 is 5.73 Å². The molecule has 2 unspecified atom stereocenters. The number of amides is 1. The van der Waals surface area contributed by atoms with Crippen molar-refractivity contribution in [1.29, 1.82) is 0 Å². The fourth-order valence-electron chi connectivity index (χ4n) is 3.22. The van der Waals surface area contributed by atoms with E-state index in [0.29, 0.717) is 26.0 Å². The highest BCUT2D eigenvalue weighted by Crippen LogP contribution is 2.50. The van der Waals surface area contributed by atoms with Crippen molar-refractivity contribution in [3.63, 3.8) is 0 Å². The minimum Gasteiger partial charge on any atom is -0.378 e. The van der Waals surface area contributed by atoms with Crippen LogP contribution in [0.1, 0.15) is 33.6 Å². The summed E-state index contributed by atoms with van der Waals surface area (Å²) in [6, 6.07) is 0. The molecular formula is C14H26N2O4S. The number of carbonyl (C=O) groups excluding carboxylic acids is 1. The quantitative estimate of drug-likeness (QED) is 0.801. The van der Waals surface area contributed by atoms with E-state index >= 15 is 0 Å². The summed E-state index contributed by atoms with van der Waals surface area (Å²) in [5.41, 5.74) is 4.98. The lowest BCUT2D eigenvalue weighted by atomic mass is 9.54. The first-order valence-corrected chi connectivity index (χ1v) is 9.36. The molecule has 1 aliphatic heterocycles. The van der Waals surface area contributed by atoms with Gasteiger partial charge in [-0.15, -0.1) is 0 Å². The molecule has 1 saturated carbocycles. The van der Waals surface area contributed by atoms with Gasteiger partial charge in [-0.1, -0.05) is 13.8 Å². The average Bonchev–Trinajstić information content (AvgIpc) is 2.58. The van der Waals surface area contributed by atoms with Crippen molar-refractivity contribution in [3.8, 4) is 0 Å². The van der Waals surface area contributed by atoms with Gasteiger partial charge in [0.2, 0.25) is 5.91 Å². The molecule has 2 fully saturated rings. The summed E-state index contributed by atoms with van der Waals surface area (Å²) in [6.45, 7) is 7.13. The van der Waals surface area contributed by atoms with Crippen LogP contribution in [0.15, 0.2) is 0 Å². The van der Waals surface area contributed by atoms with Crippen LogP contribution in [0.2, 0.25) is 0 Å². The molecule has 0 radical (unpaired) electrons. The zero-order valence-corrected chi connectivity index (χ0v) is 13.9. The molecule has 6 nitrogen and oxygen atoms in total. The number of rotatable bonds is 3. The Morgan fingerprint density at radius 2 is 2.00 bits per heavy atom. The van der Waals surface area contributed by atoms with Gasteiger partial charge in [0, 0.05) is 31.5 Å². The standard InChI is InChI=1S/C14H26N2O4S/c1-4-20-11-10-14(15,13(11,2)3)12(17)16-6-5-8-21(18,19)9-7-16/h11H,4-10,15H2,1-3H3. The molecule has 0 bridgehead atoms. The van der Waals surface area contributed by atoms with Crippen LogP contribution in [0.4, 0.5) is 0 Å². The molecule has 1 aliphatic carbocycles. The number of nitrogens with zero attached hydrogens (tertiary/aromatic N) is 1. The summed E-state index contributed by atoms with van der Waals surface area (Å²) in [4.78, 5) is 14.4. The summed E-state index contributed by atoms with van der Waals surface area (Å²) in [7, 11) is -3.03. The lowest BCUT2D eigenvalue weighted by Crippen LogP contribution is -2.76. The van der Waals surface area contributed by atoms with E-state index in [4.69, 9.17) is 10.5 Å². The molecule has 1 heterocycles. The number of hydrogen-bond donors (Lipinski definition) is 1. The second-order valence-corrected chi connectivity index (χ2v) is 8.94. The van der Waals surface area contributed by atoms with E-state index in [9.17, 15) is 13.2 Å². The van der Waals surface area contributed by atoms with Gasteiger partial charge in [0.25, 0.3) is 0 Å². The molecule has 21 heavy (non-hydrogen) atoms. The molecule has 0 spiro atoms. The van der Waals surface area contributed by atoms with E-state index in [2.05, 4.69) is 0 Å². The lowest BCUT2D eigenvalue weighted by Gasteiger charge is -2.58. The first kappa shape index (κ1) is 16.7. The van der Waals surface area contributed by atoms with Gasteiger partial charge in [-0.3, -0.25) is 4.79 Å². The minimum absolute atomic E-state index is 0.0211. The molecule has 0 aromatic rings. The summed E-state index contributed by atoms with van der Waals surface area (Å²) < 4.78 is 28.9. The fraction of sp³-hybridized carbons (Fsp3) is 0.929. The zero-order chi connectivity index (χ0) is 15.9. The van der Waals surface area contributed by atoms with Crippen molar-refractivity contribution in [2.24, 2.45) is 11.1 Å². The first-order chi connectivity index (χ1) is 9.64. The fourth-order valence-corrected chi connectivity index (χ4v) is 4.49. The highest BCUT2D eigenvalue weighted by molar-refractivity contribution is 7.91. The highest BCUT2D eigenvalue weighted by Gasteiger charge is 2.63. The predicted molar refractivity (Wildman–Crippen MR) is 80.6 cm³/mol. The van der Waals surface area contributed by atoms with E-state index in [1.165, 1.54) is 0 Å². The second-order valence-electron chi connectivity index (χ2n) is 6.64. The van der Waals surface area contributed by atoms with Gasteiger partial charge in [-0.2, -0.15) is 0 Å². The third-order valence-corrected chi connectivity index (χ3v) is 6.77. The maximum Gasteiger partial charge on any atom is 0.243 e. The Labute approximate surface area is 126 Å². The molecule has 1 saturated heterocycles. The van der Waals surface area contributed by atoms with Crippen molar-refractivity contribution >= 4 is 15.7 Å². The van der Waals surface area contributed by atoms with Crippen molar-refractivity contribution in [2.75, 3.05) is 31.2 Å². The van der Waals surface area contributed by atoms with Gasteiger partial charge < -0.3 is 15.4 Å². The third kappa shape index (κ3) is 2.83. The predicted octanol–water partition coefficient (Wildman–Crippen LogP) is 0.166. The first-order valence-electron chi connectivity index (χ1n) is 7.54. The zero-order valence-electron chi connectivity index (χ0n) is 13.1. The van der Waals surface area contributed by atoms with Crippen LogP contribution in [0, 0.1) is 5.41 Å². The van der Waals surface area contributed by atoms with Crippen LogP contribution in [0.5, 0.6) is 0 Å². The molecule has 2 rings (SSSR count). The van der Waals surface area contributed by atoms with Gasteiger partial charge in [-0.05, 0) is 13.3 Å². The maximum absolute atomic E-state index is 12.8. The van der Waals surface area contributed by atoms with Crippen LogP contribution in [-0.4, -0.2) is 62.1 Å². The Kier molecular flexibility index (Phi) is 4.39. The Bertz CT molecular complexity index is 517. The van der Waals surface area contributed by atoms with E-state index < -0.39 is 20.8 Å². The molecule has 2 atom stereocenters. The number of hydrogen-bond acceptors (Lipinski definition) is 5. The summed E-state index contributed by atoms with van der Waals surface area (Å²) in [5.74, 6) is 0.0456. The SMILES string of the molecule is CCOC1CC(N)(C(=O)N2CCCS(=O)(=O)CC2)C1(C)C. The van der Waals surface area contributed by atoms with E-state index in [1.54, 1.807) is 4.90 Å². The number of carbonyl (C=O) groups is 1. The largest absolute Gasteiger partial charge is 0.378 e. The van der Waals surface area contributed by atoms with Crippen molar-refractivity contribution < 1.29 is 17.9 Å². The second kappa shape index (κ2) is 5.52. The highest BCUT2D eigenvalue weighted by atomic mass is 32.2. The summed E-state index contributed by atoms with van der Waals surface area (Å²) in [5, 5.41) is 0. The Morgan fingerprint density at radius 3 is 2.57 bits per heavy atom. The summed E-state index contributed by atoms with van der Waals surface area (Å²) >= 11 is 0. The normalized spacial score (nSPS) is 34.9. The smallest absolute Gasteiger partial charge is 0.243 e. The molecule has 0 aromatic heterocycles. The molecule has 2 N–H and O–H groups in total. The van der Waals surface area contributed by atoms with Gasteiger partial charge in [0.1, 0.15) is 5.54 Å². The third-order valence-electron chi connectivity index (χ3n) is 5.05. The Balaban J connectivity index is 2.10. The number of nitrogens with two attached hydrogens (primary N) is 1. The molecule has 2 aliphatic rings. The van der Waals surface area contributed by atoms with Crippen molar-refractivity contribution in [1.82, 2.24) is 4.90 Å². The number of sulfone groups is 1. The lowest BCUT2D eigenvalue weighted by molar-refractivity contribution is -0.179. The van der Waals surface area contributed by atoms with E-state index in [-0.39, 0.29) is 30.1 Å². The van der Waals surface area contributed by atoms with Gasteiger partial charge in [0.15, 0.2) is 9.84 Å². The van der Waals surface area contributed by atoms with Gasteiger partial charge in [0.05, 0.1) is 17.6 Å². The molecule has 7 heteroatoms. The average molecular weight is 318 g/mol.